The summed E-state index contributed by atoms with van der Waals surface area (Å²) in [5.41, 5.74) is 1.50. The van der Waals surface area contributed by atoms with E-state index in [4.69, 9.17) is 0 Å². The van der Waals surface area contributed by atoms with Crippen molar-refractivity contribution in [2.75, 3.05) is 11.1 Å². The van der Waals surface area contributed by atoms with Crippen LogP contribution in [0.15, 0.2) is 59.1 Å². The normalized spacial score (nSPS) is 11.2. The Balaban J connectivity index is 1.69. The molecule has 0 saturated heterocycles. The summed E-state index contributed by atoms with van der Waals surface area (Å²) in [6, 6.07) is 7.88. The van der Waals surface area contributed by atoms with Crippen molar-refractivity contribution >= 4 is 32.2 Å². The Morgan fingerprint density at radius 1 is 1.12 bits per heavy atom. The molecule has 0 aliphatic heterocycles. The van der Waals surface area contributed by atoms with Gasteiger partial charge in [0.2, 0.25) is 5.91 Å². The van der Waals surface area contributed by atoms with Crippen molar-refractivity contribution in [3.05, 3.63) is 60.0 Å². The first-order valence-electron chi connectivity index (χ1n) is 7.08. The summed E-state index contributed by atoms with van der Waals surface area (Å²) >= 11 is 1.19. The molecule has 128 valence electrons. The molecule has 0 bridgehead atoms. The fourth-order valence-electron chi connectivity index (χ4n) is 2.04. The molecule has 0 aliphatic rings. The molecule has 25 heavy (non-hydrogen) atoms. The van der Waals surface area contributed by atoms with Crippen molar-refractivity contribution in [2.24, 2.45) is 0 Å². The third-order valence-electron chi connectivity index (χ3n) is 3.22. The topological polar surface area (TPSA) is 89.0 Å². The molecular weight excluding hydrogens is 365 g/mol. The largest absolute Gasteiger partial charge is 0.301 e. The molecule has 0 spiro atoms. The highest BCUT2D eigenvalue weighted by Gasteiger charge is 2.20. The maximum atomic E-state index is 12.9. The number of hydrogen-bond acceptors (Lipinski definition) is 6. The second kappa shape index (κ2) is 7.08. The highest BCUT2D eigenvalue weighted by atomic mass is 32.2. The van der Waals surface area contributed by atoms with E-state index >= 15 is 0 Å². The van der Waals surface area contributed by atoms with Gasteiger partial charge in [0.25, 0.3) is 0 Å². The maximum Gasteiger partial charge on any atom is 0.241 e. The zero-order valence-corrected chi connectivity index (χ0v) is 14.3. The molecule has 0 radical (unpaired) electrons. The van der Waals surface area contributed by atoms with Crippen molar-refractivity contribution < 1.29 is 17.6 Å². The number of sulfone groups is 1. The zero-order chi connectivity index (χ0) is 17.9. The van der Waals surface area contributed by atoms with Crippen molar-refractivity contribution in [3.63, 3.8) is 0 Å². The fourth-order valence-corrected chi connectivity index (χ4v) is 3.91. The first kappa shape index (κ1) is 17.2. The van der Waals surface area contributed by atoms with Gasteiger partial charge in [-0.2, -0.15) is 0 Å². The molecule has 0 unspecified atom stereocenters. The number of hydrogen-bond donors (Lipinski definition) is 1. The van der Waals surface area contributed by atoms with Gasteiger partial charge in [-0.1, -0.05) is 0 Å². The van der Waals surface area contributed by atoms with E-state index in [1.165, 1.54) is 11.3 Å². The molecule has 0 saturated carbocycles. The number of aromatic nitrogens is 2. The summed E-state index contributed by atoms with van der Waals surface area (Å²) in [5, 5.41) is 4.52. The van der Waals surface area contributed by atoms with Crippen molar-refractivity contribution in [1.29, 1.82) is 0 Å². The van der Waals surface area contributed by atoms with Crippen LogP contribution in [0.2, 0.25) is 0 Å². The minimum atomic E-state index is -3.85. The Morgan fingerprint density at radius 2 is 1.80 bits per heavy atom. The molecule has 0 aliphatic carbocycles. The van der Waals surface area contributed by atoms with Gasteiger partial charge in [-0.25, -0.2) is 17.8 Å². The number of benzene rings is 1. The summed E-state index contributed by atoms with van der Waals surface area (Å²) in [7, 11) is -3.85. The lowest BCUT2D eigenvalue weighted by atomic mass is 10.2. The van der Waals surface area contributed by atoms with Gasteiger partial charge in [0, 0.05) is 23.3 Å². The van der Waals surface area contributed by atoms with E-state index in [1.54, 1.807) is 29.9 Å². The third kappa shape index (κ3) is 4.25. The molecule has 2 aromatic heterocycles. The summed E-state index contributed by atoms with van der Waals surface area (Å²) in [5.74, 6) is -2.00. The number of anilines is 1. The Kier molecular flexibility index (Phi) is 4.86. The molecule has 1 N–H and O–H groups in total. The van der Waals surface area contributed by atoms with E-state index in [0.717, 1.165) is 29.8 Å². The van der Waals surface area contributed by atoms with Crippen LogP contribution < -0.4 is 5.32 Å². The Morgan fingerprint density at radius 3 is 2.48 bits per heavy atom. The average molecular weight is 377 g/mol. The van der Waals surface area contributed by atoms with Crippen molar-refractivity contribution in [3.8, 4) is 11.3 Å². The number of pyridine rings is 1. The van der Waals surface area contributed by atoms with E-state index in [2.05, 4.69) is 15.3 Å². The van der Waals surface area contributed by atoms with Gasteiger partial charge in [0.15, 0.2) is 15.0 Å². The highest BCUT2D eigenvalue weighted by Crippen LogP contribution is 2.24. The SMILES string of the molecule is O=C(CS(=O)(=O)c1ccc(F)cc1)Nc1nc(-c2ccncc2)cs1. The summed E-state index contributed by atoms with van der Waals surface area (Å²) in [6.07, 6.45) is 3.25. The number of rotatable bonds is 5. The zero-order valence-electron chi connectivity index (χ0n) is 12.7. The molecule has 3 rings (SSSR count). The minimum Gasteiger partial charge on any atom is -0.301 e. The molecule has 9 heteroatoms. The number of nitrogens with zero attached hydrogens (tertiary/aromatic N) is 2. The first-order chi connectivity index (χ1) is 11.9. The van der Waals surface area contributed by atoms with Gasteiger partial charge in [-0.05, 0) is 36.4 Å². The van der Waals surface area contributed by atoms with Crippen LogP contribution >= 0.6 is 11.3 Å². The lowest BCUT2D eigenvalue weighted by Gasteiger charge is -2.04. The number of thiazole rings is 1. The summed E-state index contributed by atoms with van der Waals surface area (Å²) < 4.78 is 37.2. The maximum absolute atomic E-state index is 12.9. The van der Waals surface area contributed by atoms with Crippen LogP contribution in [-0.2, 0) is 14.6 Å². The highest BCUT2D eigenvalue weighted by molar-refractivity contribution is 7.92. The molecule has 2 heterocycles. The van der Waals surface area contributed by atoms with Crippen LogP contribution in [0.3, 0.4) is 0 Å². The number of halogens is 1. The van der Waals surface area contributed by atoms with Crippen LogP contribution in [0, 0.1) is 5.82 Å². The van der Waals surface area contributed by atoms with Gasteiger partial charge in [0.1, 0.15) is 11.6 Å². The van der Waals surface area contributed by atoms with Crippen LogP contribution in [-0.4, -0.2) is 30.0 Å². The molecular formula is C16H12FN3O3S2. The number of nitrogens with one attached hydrogen (secondary N) is 1. The van der Waals surface area contributed by atoms with Crippen molar-refractivity contribution in [2.45, 2.75) is 4.90 Å². The molecule has 1 aromatic carbocycles. The molecule has 1 amide bonds. The van der Waals surface area contributed by atoms with Crippen LogP contribution in [0.25, 0.3) is 11.3 Å². The molecule has 0 fully saturated rings. The summed E-state index contributed by atoms with van der Waals surface area (Å²) in [6.45, 7) is 0. The van der Waals surface area contributed by atoms with Gasteiger partial charge in [-0.3, -0.25) is 9.78 Å². The Labute approximate surface area is 147 Å². The van der Waals surface area contributed by atoms with Crippen LogP contribution in [0.4, 0.5) is 9.52 Å². The standard InChI is InChI=1S/C16H12FN3O3S2/c17-12-1-3-13(4-2-12)25(22,23)10-15(21)20-16-19-14(9-24-16)11-5-7-18-8-6-11/h1-9H,10H2,(H,19,20,21). The average Bonchev–Trinajstić information content (AvgIpc) is 3.04. The molecule has 0 atom stereocenters. The lowest BCUT2D eigenvalue weighted by molar-refractivity contribution is -0.113. The molecule has 3 aromatic rings. The van der Waals surface area contributed by atoms with Crippen molar-refractivity contribution in [1.82, 2.24) is 9.97 Å². The second-order valence-corrected chi connectivity index (χ2v) is 7.88. The summed E-state index contributed by atoms with van der Waals surface area (Å²) in [4.78, 5) is 20.1. The minimum absolute atomic E-state index is 0.110. The van der Waals surface area contributed by atoms with E-state index in [9.17, 15) is 17.6 Å². The second-order valence-electron chi connectivity index (χ2n) is 5.03. The quantitative estimate of drug-likeness (QED) is 0.691. The van der Waals surface area contributed by atoms with Gasteiger partial charge >= 0.3 is 0 Å². The predicted molar refractivity (Wildman–Crippen MR) is 92.4 cm³/mol. The van der Waals surface area contributed by atoms with E-state index < -0.39 is 27.3 Å². The van der Waals surface area contributed by atoms with Gasteiger partial charge in [-0.15, -0.1) is 11.3 Å². The fraction of sp³-hybridized carbons (Fsp3) is 0.0625. The lowest BCUT2D eigenvalue weighted by Crippen LogP contribution is -2.23. The number of carbonyl (C=O) groups excluding carboxylic acids is 1. The first-order valence-corrected chi connectivity index (χ1v) is 9.61. The number of amides is 1. The monoisotopic (exact) mass is 377 g/mol. The van der Waals surface area contributed by atoms with Crippen LogP contribution in [0.1, 0.15) is 0 Å². The van der Waals surface area contributed by atoms with Crippen LogP contribution in [0.5, 0.6) is 0 Å². The number of carbonyl (C=O) groups is 1. The van der Waals surface area contributed by atoms with E-state index in [1.807, 2.05) is 0 Å². The smallest absolute Gasteiger partial charge is 0.241 e. The van der Waals surface area contributed by atoms with Gasteiger partial charge in [0.05, 0.1) is 10.6 Å². The Hall–Kier alpha value is -2.65. The van der Waals surface area contributed by atoms with E-state index in [-0.39, 0.29) is 4.90 Å². The third-order valence-corrected chi connectivity index (χ3v) is 5.61. The van der Waals surface area contributed by atoms with Gasteiger partial charge < -0.3 is 5.32 Å². The Bertz CT molecular complexity index is 987. The molecule has 6 nitrogen and oxygen atoms in total. The predicted octanol–water partition coefficient (Wildman–Crippen LogP) is 2.76. The van der Waals surface area contributed by atoms with E-state index in [0.29, 0.717) is 10.8 Å².